The van der Waals surface area contributed by atoms with Crippen LogP contribution in [0.25, 0.3) is 11.3 Å². The summed E-state index contributed by atoms with van der Waals surface area (Å²) in [6, 6.07) is 8.12. The van der Waals surface area contributed by atoms with Gasteiger partial charge in [-0.15, -0.1) is 11.3 Å². The van der Waals surface area contributed by atoms with Crippen LogP contribution >= 0.6 is 39.0 Å². The fourth-order valence-electron chi connectivity index (χ4n) is 1.79. The zero-order chi connectivity index (χ0) is 16.2. The third-order valence-corrected chi connectivity index (χ3v) is 5.24. The van der Waals surface area contributed by atoms with Gasteiger partial charge in [0.15, 0.2) is 4.34 Å². The molecule has 0 spiro atoms. The summed E-state index contributed by atoms with van der Waals surface area (Å²) in [5, 5.41) is 5.02. The summed E-state index contributed by atoms with van der Waals surface area (Å²) in [7, 11) is 0. The van der Waals surface area contributed by atoms with Crippen molar-refractivity contribution >= 4 is 44.9 Å². The quantitative estimate of drug-likeness (QED) is 0.722. The zero-order valence-electron chi connectivity index (χ0n) is 12.9. The molecular weight excluding hydrogens is 380 g/mol. The van der Waals surface area contributed by atoms with Crippen molar-refractivity contribution in [2.75, 3.05) is 5.75 Å². The van der Waals surface area contributed by atoms with Gasteiger partial charge in [0.2, 0.25) is 5.91 Å². The van der Waals surface area contributed by atoms with E-state index in [4.69, 9.17) is 0 Å². The van der Waals surface area contributed by atoms with Crippen LogP contribution in [-0.2, 0) is 4.79 Å². The van der Waals surface area contributed by atoms with Crippen molar-refractivity contribution in [3.05, 3.63) is 34.1 Å². The van der Waals surface area contributed by atoms with Crippen LogP contribution in [0.1, 0.15) is 27.2 Å². The summed E-state index contributed by atoms with van der Waals surface area (Å²) in [6.45, 7) is 5.97. The number of hydrogen-bond acceptors (Lipinski definition) is 4. The first kappa shape index (κ1) is 17.5. The molecule has 1 aromatic heterocycles. The third kappa shape index (κ3) is 5.74. The number of aromatic nitrogens is 1. The molecule has 0 aliphatic heterocycles. The van der Waals surface area contributed by atoms with E-state index in [0.29, 0.717) is 6.42 Å². The van der Waals surface area contributed by atoms with Crippen molar-refractivity contribution in [1.29, 1.82) is 0 Å². The number of benzene rings is 1. The van der Waals surface area contributed by atoms with E-state index in [0.717, 1.165) is 25.8 Å². The lowest BCUT2D eigenvalue weighted by atomic mass is 10.1. The van der Waals surface area contributed by atoms with Gasteiger partial charge < -0.3 is 5.32 Å². The molecule has 2 rings (SSSR count). The maximum Gasteiger partial charge on any atom is 0.221 e. The number of nitrogens with one attached hydrogen (secondary N) is 1. The highest BCUT2D eigenvalue weighted by molar-refractivity contribution is 9.10. The number of amides is 1. The molecule has 2 aromatic rings. The first-order valence-corrected chi connectivity index (χ1v) is 9.64. The van der Waals surface area contributed by atoms with Gasteiger partial charge in [-0.05, 0) is 32.9 Å². The zero-order valence-corrected chi connectivity index (χ0v) is 16.1. The van der Waals surface area contributed by atoms with Crippen LogP contribution in [0.5, 0.6) is 0 Å². The Morgan fingerprint density at radius 1 is 1.32 bits per heavy atom. The second kappa shape index (κ2) is 7.62. The van der Waals surface area contributed by atoms with E-state index in [2.05, 4.69) is 31.6 Å². The lowest BCUT2D eigenvalue weighted by molar-refractivity contribution is -0.122. The van der Waals surface area contributed by atoms with Crippen molar-refractivity contribution in [2.24, 2.45) is 0 Å². The molecule has 1 N–H and O–H groups in total. The van der Waals surface area contributed by atoms with Gasteiger partial charge in [-0.3, -0.25) is 4.79 Å². The Morgan fingerprint density at radius 3 is 2.64 bits per heavy atom. The smallest absolute Gasteiger partial charge is 0.221 e. The molecule has 1 amide bonds. The Labute approximate surface area is 148 Å². The second-order valence-electron chi connectivity index (χ2n) is 5.90. The highest BCUT2D eigenvalue weighted by Gasteiger charge is 2.13. The monoisotopic (exact) mass is 398 g/mol. The molecule has 0 fully saturated rings. The molecule has 0 aliphatic carbocycles. The molecule has 1 heterocycles. The third-order valence-electron chi connectivity index (χ3n) is 2.69. The number of thioether (sulfide) groups is 1. The highest BCUT2D eigenvalue weighted by Crippen LogP contribution is 2.29. The number of thiazole rings is 1. The number of carbonyl (C=O) groups is 1. The number of nitrogens with zero attached hydrogens (tertiary/aromatic N) is 1. The fourth-order valence-corrected chi connectivity index (χ4v) is 3.90. The molecule has 1 aromatic carbocycles. The van der Waals surface area contributed by atoms with Gasteiger partial charge in [0.25, 0.3) is 0 Å². The Morgan fingerprint density at radius 2 is 2.00 bits per heavy atom. The number of halogens is 1. The number of carbonyl (C=O) groups excluding carboxylic acids is 1. The molecule has 0 aliphatic rings. The molecule has 0 unspecified atom stereocenters. The van der Waals surface area contributed by atoms with E-state index in [1.54, 1.807) is 23.1 Å². The Balaban J connectivity index is 1.85. The normalized spacial score (nSPS) is 11.5. The van der Waals surface area contributed by atoms with Gasteiger partial charge >= 0.3 is 0 Å². The van der Waals surface area contributed by atoms with Crippen molar-refractivity contribution in [3.63, 3.8) is 0 Å². The summed E-state index contributed by atoms with van der Waals surface area (Å²) in [6.07, 6.45) is 0.509. The Bertz CT molecular complexity index is 632. The summed E-state index contributed by atoms with van der Waals surface area (Å²) in [5.74, 6) is 0.833. The van der Waals surface area contributed by atoms with E-state index >= 15 is 0 Å². The molecule has 22 heavy (non-hydrogen) atoms. The van der Waals surface area contributed by atoms with Gasteiger partial charge in [-0.1, -0.05) is 39.8 Å². The van der Waals surface area contributed by atoms with Gasteiger partial charge in [-0.25, -0.2) is 4.98 Å². The van der Waals surface area contributed by atoms with Crippen LogP contribution in [0.2, 0.25) is 0 Å². The molecule has 0 atom stereocenters. The largest absolute Gasteiger partial charge is 0.351 e. The van der Waals surface area contributed by atoms with Gasteiger partial charge in [0.1, 0.15) is 0 Å². The molecule has 0 radical (unpaired) electrons. The van der Waals surface area contributed by atoms with E-state index in [-0.39, 0.29) is 11.4 Å². The van der Waals surface area contributed by atoms with E-state index in [1.807, 2.05) is 45.0 Å². The minimum atomic E-state index is -0.169. The van der Waals surface area contributed by atoms with Crippen LogP contribution in [-0.4, -0.2) is 22.2 Å². The molecule has 0 saturated carbocycles. The summed E-state index contributed by atoms with van der Waals surface area (Å²) in [4.78, 5) is 16.4. The molecule has 3 nitrogen and oxygen atoms in total. The lowest BCUT2D eigenvalue weighted by Crippen LogP contribution is -2.40. The van der Waals surface area contributed by atoms with Crippen molar-refractivity contribution in [3.8, 4) is 11.3 Å². The average molecular weight is 399 g/mol. The van der Waals surface area contributed by atoms with E-state index in [9.17, 15) is 4.79 Å². The standard InChI is InChI=1S/C16H19BrN2OS2/c1-16(2,3)19-14(20)8-9-21-15-18-13(10-22-15)11-4-6-12(17)7-5-11/h4-7,10H,8-9H2,1-3H3,(H,19,20). The Kier molecular flexibility index (Phi) is 6.06. The topological polar surface area (TPSA) is 42.0 Å². The van der Waals surface area contributed by atoms with Crippen molar-refractivity contribution < 1.29 is 4.79 Å². The fraction of sp³-hybridized carbons (Fsp3) is 0.375. The van der Waals surface area contributed by atoms with Gasteiger partial charge in [0, 0.05) is 33.1 Å². The summed E-state index contributed by atoms with van der Waals surface area (Å²) < 4.78 is 2.06. The molecule has 6 heteroatoms. The van der Waals surface area contributed by atoms with E-state index < -0.39 is 0 Å². The molecule has 0 saturated heterocycles. The van der Waals surface area contributed by atoms with Crippen molar-refractivity contribution in [1.82, 2.24) is 10.3 Å². The molecular formula is C16H19BrN2OS2. The predicted octanol–water partition coefficient (Wildman–Crippen LogP) is 4.97. The van der Waals surface area contributed by atoms with Crippen LogP contribution in [0.3, 0.4) is 0 Å². The minimum absolute atomic E-state index is 0.0877. The van der Waals surface area contributed by atoms with Gasteiger partial charge in [-0.2, -0.15) is 0 Å². The second-order valence-corrected chi connectivity index (χ2v) is 9.02. The summed E-state index contributed by atoms with van der Waals surface area (Å²) in [5.41, 5.74) is 1.92. The molecule has 0 bridgehead atoms. The summed E-state index contributed by atoms with van der Waals surface area (Å²) >= 11 is 6.68. The SMILES string of the molecule is CC(C)(C)NC(=O)CCSc1nc(-c2ccc(Br)cc2)cs1. The number of rotatable bonds is 5. The number of hydrogen-bond donors (Lipinski definition) is 1. The lowest BCUT2D eigenvalue weighted by Gasteiger charge is -2.20. The van der Waals surface area contributed by atoms with Crippen LogP contribution < -0.4 is 5.32 Å². The molecule has 118 valence electrons. The maximum atomic E-state index is 11.8. The first-order valence-electron chi connectivity index (χ1n) is 6.99. The van der Waals surface area contributed by atoms with Crippen LogP contribution in [0.15, 0.2) is 38.5 Å². The van der Waals surface area contributed by atoms with Crippen LogP contribution in [0, 0.1) is 0 Å². The first-order chi connectivity index (χ1) is 10.3. The van der Waals surface area contributed by atoms with Crippen LogP contribution in [0.4, 0.5) is 0 Å². The van der Waals surface area contributed by atoms with E-state index in [1.165, 1.54) is 0 Å². The van der Waals surface area contributed by atoms with Crippen molar-refractivity contribution in [2.45, 2.75) is 37.1 Å². The Hall–Kier alpha value is -0.850. The average Bonchev–Trinajstić information content (AvgIpc) is 2.86. The maximum absolute atomic E-state index is 11.8. The minimum Gasteiger partial charge on any atom is -0.351 e. The van der Waals surface area contributed by atoms with Gasteiger partial charge in [0.05, 0.1) is 5.69 Å². The highest BCUT2D eigenvalue weighted by atomic mass is 79.9. The predicted molar refractivity (Wildman–Crippen MR) is 98.5 cm³/mol.